The second-order valence-corrected chi connectivity index (χ2v) is 5.77. The van der Waals surface area contributed by atoms with E-state index in [0.717, 1.165) is 24.8 Å². The molecule has 0 N–H and O–H groups in total. The summed E-state index contributed by atoms with van der Waals surface area (Å²) in [6.07, 6.45) is 2.68. The smallest absolute Gasteiger partial charge is 0.312 e. The Balaban J connectivity index is 1.68. The number of esters is 1. The van der Waals surface area contributed by atoms with Crippen molar-refractivity contribution in [3.05, 3.63) is 35.9 Å². The van der Waals surface area contributed by atoms with Crippen LogP contribution in [0.3, 0.4) is 0 Å². The Morgan fingerprint density at radius 1 is 1.45 bits per heavy atom. The van der Waals surface area contributed by atoms with Gasteiger partial charge in [0.15, 0.2) is 0 Å². The molecule has 2 radical (unpaired) electrons. The lowest BCUT2D eigenvalue weighted by Crippen LogP contribution is -2.37. The molecule has 0 aromatic heterocycles. The zero-order chi connectivity index (χ0) is 14.2. The molecule has 1 aromatic carbocycles. The van der Waals surface area contributed by atoms with Crippen molar-refractivity contribution in [2.75, 3.05) is 0 Å². The van der Waals surface area contributed by atoms with E-state index < -0.39 is 5.60 Å². The first-order chi connectivity index (χ1) is 9.66. The summed E-state index contributed by atoms with van der Waals surface area (Å²) < 4.78 is 11.4. The zero-order valence-corrected chi connectivity index (χ0v) is 11.7. The van der Waals surface area contributed by atoms with Crippen LogP contribution < -0.4 is 0 Å². The van der Waals surface area contributed by atoms with E-state index in [1.54, 1.807) is 0 Å². The largest absolute Gasteiger partial charge is 0.461 e. The molecule has 4 heteroatoms. The summed E-state index contributed by atoms with van der Waals surface area (Å²) in [5.41, 5.74) is 0.611. The Kier molecular flexibility index (Phi) is 3.59. The van der Waals surface area contributed by atoms with Crippen molar-refractivity contribution >= 4 is 13.8 Å². The van der Waals surface area contributed by atoms with Gasteiger partial charge in [-0.15, -0.1) is 0 Å². The number of ether oxygens (including phenoxy) is 2. The second kappa shape index (κ2) is 5.25. The van der Waals surface area contributed by atoms with Crippen molar-refractivity contribution in [2.24, 2.45) is 11.8 Å². The minimum Gasteiger partial charge on any atom is -0.461 e. The third-order valence-electron chi connectivity index (χ3n) is 4.76. The van der Waals surface area contributed by atoms with E-state index in [2.05, 4.69) is 6.92 Å². The molecular weight excluding hydrogens is 251 g/mol. The molecule has 1 unspecified atom stereocenters. The fraction of sp³-hybridized carbons (Fsp3) is 0.562. The quantitative estimate of drug-likeness (QED) is 0.622. The van der Waals surface area contributed by atoms with Crippen LogP contribution in [-0.2, 0) is 20.9 Å². The van der Waals surface area contributed by atoms with Crippen LogP contribution in [0.4, 0.5) is 0 Å². The molecule has 4 atom stereocenters. The fourth-order valence-electron chi connectivity index (χ4n) is 3.66. The first-order valence-corrected chi connectivity index (χ1v) is 7.30. The van der Waals surface area contributed by atoms with Gasteiger partial charge < -0.3 is 9.47 Å². The van der Waals surface area contributed by atoms with Crippen molar-refractivity contribution in [2.45, 2.75) is 44.4 Å². The summed E-state index contributed by atoms with van der Waals surface area (Å²) in [6.45, 7) is 2.37. The van der Waals surface area contributed by atoms with E-state index >= 15 is 0 Å². The molecule has 1 saturated carbocycles. The molecule has 104 valence electrons. The molecule has 1 heterocycles. The first kappa shape index (κ1) is 13.7. The number of hydrogen-bond donors (Lipinski definition) is 0. The summed E-state index contributed by atoms with van der Waals surface area (Å²) >= 11 is 0. The number of benzene rings is 1. The fourth-order valence-corrected chi connectivity index (χ4v) is 3.66. The summed E-state index contributed by atoms with van der Waals surface area (Å²) in [5, 5.41) is 0. The van der Waals surface area contributed by atoms with Crippen molar-refractivity contribution in [1.82, 2.24) is 0 Å². The highest BCUT2D eigenvalue weighted by Gasteiger charge is 2.60. The van der Waals surface area contributed by atoms with Gasteiger partial charge in [-0.1, -0.05) is 37.3 Å². The predicted molar refractivity (Wildman–Crippen MR) is 76.1 cm³/mol. The maximum atomic E-state index is 12.4. The number of carbonyl (C=O) groups is 1. The average molecular weight is 270 g/mol. The highest BCUT2D eigenvalue weighted by Crippen LogP contribution is 2.53. The molecule has 1 aromatic rings. The second-order valence-electron chi connectivity index (χ2n) is 5.77. The topological polar surface area (TPSA) is 35.5 Å². The van der Waals surface area contributed by atoms with Crippen LogP contribution in [0.15, 0.2) is 30.3 Å². The van der Waals surface area contributed by atoms with Crippen molar-refractivity contribution < 1.29 is 14.3 Å². The molecule has 1 aliphatic heterocycles. The van der Waals surface area contributed by atoms with E-state index in [1.807, 2.05) is 30.3 Å². The Bertz CT molecular complexity index is 490. The van der Waals surface area contributed by atoms with Crippen LogP contribution >= 0.6 is 0 Å². The van der Waals surface area contributed by atoms with Gasteiger partial charge in [0.2, 0.25) is 0 Å². The van der Waals surface area contributed by atoms with Gasteiger partial charge in [-0.05, 0) is 30.7 Å². The zero-order valence-electron chi connectivity index (χ0n) is 11.7. The number of carbonyl (C=O) groups excluding carboxylic acids is 1. The molecule has 2 fully saturated rings. The molecule has 20 heavy (non-hydrogen) atoms. The lowest BCUT2D eigenvalue weighted by Gasteiger charge is -2.30. The summed E-state index contributed by atoms with van der Waals surface area (Å²) in [5.74, 6) is -0.254. The Labute approximate surface area is 121 Å². The van der Waals surface area contributed by atoms with E-state index in [1.165, 1.54) is 0 Å². The van der Waals surface area contributed by atoms with Gasteiger partial charge in [0, 0.05) is 6.00 Å². The third-order valence-corrected chi connectivity index (χ3v) is 4.76. The number of fused-ring (bicyclic) bond motifs is 2. The first-order valence-electron chi connectivity index (χ1n) is 7.30. The molecule has 0 spiro atoms. The van der Waals surface area contributed by atoms with E-state index in [9.17, 15) is 4.79 Å². The lowest BCUT2D eigenvalue weighted by atomic mass is 9.80. The van der Waals surface area contributed by atoms with Gasteiger partial charge in [-0.25, -0.2) is 0 Å². The van der Waals surface area contributed by atoms with Gasteiger partial charge in [0.1, 0.15) is 14.5 Å². The summed E-state index contributed by atoms with van der Waals surface area (Å²) in [6, 6.07) is 9.41. The van der Waals surface area contributed by atoms with Crippen LogP contribution in [-0.4, -0.2) is 25.4 Å². The van der Waals surface area contributed by atoms with Gasteiger partial charge in [-0.3, -0.25) is 4.79 Å². The van der Waals surface area contributed by atoms with Gasteiger partial charge in [-0.2, -0.15) is 0 Å². The highest BCUT2D eigenvalue weighted by atomic mass is 16.5. The van der Waals surface area contributed by atoms with Crippen LogP contribution in [0.1, 0.15) is 31.7 Å². The standard InChI is InChI=1S/C16H19BO3/c1-2-16-9-8-12(14(17)20-16)13(16)15(18)19-10-11-6-4-3-5-7-11/h3-7,12-14H,2,8-10H2,1H3/t12?,13-,14+,16-/m0/s1. The van der Waals surface area contributed by atoms with E-state index in [4.69, 9.17) is 17.3 Å². The Morgan fingerprint density at radius 2 is 2.20 bits per heavy atom. The van der Waals surface area contributed by atoms with Crippen molar-refractivity contribution in [3.63, 3.8) is 0 Å². The summed E-state index contributed by atoms with van der Waals surface area (Å²) in [4.78, 5) is 12.4. The summed E-state index contributed by atoms with van der Waals surface area (Å²) in [7, 11) is 5.99. The number of rotatable bonds is 4. The maximum absolute atomic E-state index is 12.4. The molecule has 1 saturated heterocycles. The van der Waals surface area contributed by atoms with Crippen LogP contribution in [0.5, 0.6) is 0 Å². The van der Waals surface area contributed by atoms with Gasteiger partial charge in [0.05, 0.1) is 11.5 Å². The normalized spacial score (nSPS) is 35.1. The lowest BCUT2D eigenvalue weighted by molar-refractivity contribution is -0.156. The van der Waals surface area contributed by atoms with Crippen LogP contribution in [0.2, 0.25) is 0 Å². The minimum absolute atomic E-state index is 0.109. The molecule has 1 aliphatic carbocycles. The van der Waals surface area contributed by atoms with Crippen LogP contribution in [0, 0.1) is 11.8 Å². The highest BCUT2D eigenvalue weighted by molar-refractivity contribution is 6.11. The van der Waals surface area contributed by atoms with Crippen molar-refractivity contribution in [3.8, 4) is 0 Å². The molecule has 2 bridgehead atoms. The SMILES string of the molecule is [B][C@@H]1O[C@@]2(CC)CCC1[C@H]2C(=O)OCc1ccccc1. The minimum atomic E-state index is -0.391. The van der Waals surface area contributed by atoms with Crippen molar-refractivity contribution in [1.29, 1.82) is 0 Å². The Hall–Kier alpha value is -1.29. The molecule has 0 amide bonds. The van der Waals surface area contributed by atoms with Crippen LogP contribution in [0.25, 0.3) is 0 Å². The molecular formula is C16H19BO3. The predicted octanol–water partition coefficient (Wildman–Crippen LogP) is 2.43. The molecule has 2 aliphatic rings. The van der Waals surface area contributed by atoms with Gasteiger partial charge >= 0.3 is 5.97 Å². The average Bonchev–Trinajstić information content (AvgIpc) is 2.98. The van der Waals surface area contributed by atoms with E-state index in [-0.39, 0.29) is 23.8 Å². The third kappa shape index (κ3) is 2.16. The number of hydrogen-bond acceptors (Lipinski definition) is 3. The monoisotopic (exact) mass is 270 g/mol. The Morgan fingerprint density at radius 3 is 2.85 bits per heavy atom. The maximum Gasteiger partial charge on any atom is 0.312 e. The van der Waals surface area contributed by atoms with Gasteiger partial charge in [0.25, 0.3) is 0 Å². The van der Waals surface area contributed by atoms with E-state index in [0.29, 0.717) is 6.61 Å². The molecule has 3 nitrogen and oxygen atoms in total. The molecule has 3 rings (SSSR count).